The Labute approximate surface area is 92.9 Å². The number of rotatable bonds is 1. The predicted molar refractivity (Wildman–Crippen MR) is 61.5 cm³/mol. The van der Waals surface area contributed by atoms with Crippen molar-refractivity contribution in [2.45, 2.75) is 10.9 Å². The SMILES string of the molecule is CN1c2c(Cl)cccc2SCC1CO. The van der Waals surface area contributed by atoms with Crippen LogP contribution in [0.15, 0.2) is 23.1 Å². The maximum absolute atomic E-state index is 9.18. The lowest BCUT2D eigenvalue weighted by Crippen LogP contribution is -2.39. The Morgan fingerprint density at radius 3 is 3.14 bits per heavy atom. The zero-order valence-electron chi connectivity index (χ0n) is 7.90. The molecule has 0 aromatic heterocycles. The number of hydrogen-bond donors (Lipinski definition) is 1. The molecule has 2 rings (SSSR count). The largest absolute Gasteiger partial charge is 0.394 e. The van der Waals surface area contributed by atoms with Gasteiger partial charge in [0.2, 0.25) is 0 Å². The van der Waals surface area contributed by atoms with E-state index in [0.717, 1.165) is 16.5 Å². The molecule has 0 radical (unpaired) electrons. The maximum Gasteiger partial charge on any atom is 0.0694 e. The maximum atomic E-state index is 9.18. The molecule has 1 unspecified atom stereocenters. The second-order valence-electron chi connectivity index (χ2n) is 3.34. The van der Waals surface area contributed by atoms with Gasteiger partial charge in [-0.05, 0) is 12.1 Å². The monoisotopic (exact) mass is 229 g/mol. The number of nitrogens with zero attached hydrogens (tertiary/aromatic N) is 1. The molecule has 4 heteroatoms. The molecular formula is C10H12ClNOS. The normalized spacial score (nSPS) is 20.8. The molecule has 1 aromatic carbocycles. The molecule has 0 bridgehead atoms. The Morgan fingerprint density at radius 1 is 1.64 bits per heavy atom. The van der Waals surface area contributed by atoms with E-state index in [4.69, 9.17) is 11.6 Å². The molecule has 0 aliphatic carbocycles. The summed E-state index contributed by atoms with van der Waals surface area (Å²) in [6.45, 7) is 0.175. The van der Waals surface area contributed by atoms with Crippen molar-refractivity contribution in [3.05, 3.63) is 23.2 Å². The highest BCUT2D eigenvalue weighted by Gasteiger charge is 2.24. The zero-order valence-corrected chi connectivity index (χ0v) is 9.48. The molecule has 76 valence electrons. The molecule has 1 aromatic rings. The standard InChI is InChI=1S/C10H12ClNOS/c1-12-7(5-13)6-14-9-4-2-3-8(11)10(9)12/h2-4,7,13H,5-6H2,1H3. The Balaban J connectivity index is 2.43. The van der Waals surface area contributed by atoms with Crippen LogP contribution in [0.2, 0.25) is 5.02 Å². The Hall–Kier alpha value is -0.380. The molecule has 0 fully saturated rings. The van der Waals surface area contributed by atoms with E-state index in [2.05, 4.69) is 11.0 Å². The van der Waals surface area contributed by atoms with E-state index >= 15 is 0 Å². The Kier molecular flexibility index (Phi) is 2.91. The highest BCUT2D eigenvalue weighted by atomic mass is 35.5. The molecule has 1 N–H and O–H groups in total. The zero-order chi connectivity index (χ0) is 10.1. The van der Waals surface area contributed by atoms with Gasteiger partial charge in [-0.3, -0.25) is 0 Å². The number of likely N-dealkylation sites (N-methyl/N-ethyl adjacent to an activating group) is 1. The molecule has 2 nitrogen and oxygen atoms in total. The van der Waals surface area contributed by atoms with E-state index in [1.54, 1.807) is 11.8 Å². The van der Waals surface area contributed by atoms with Crippen LogP contribution in [-0.2, 0) is 0 Å². The van der Waals surface area contributed by atoms with E-state index in [0.29, 0.717) is 0 Å². The van der Waals surface area contributed by atoms with Crippen molar-refractivity contribution < 1.29 is 5.11 Å². The van der Waals surface area contributed by atoms with Gasteiger partial charge in [0.1, 0.15) is 0 Å². The third-order valence-corrected chi connectivity index (χ3v) is 3.99. The van der Waals surface area contributed by atoms with Crippen molar-refractivity contribution in [2.75, 3.05) is 24.3 Å². The van der Waals surface area contributed by atoms with Crippen molar-refractivity contribution in [1.82, 2.24) is 0 Å². The molecule has 0 amide bonds. The van der Waals surface area contributed by atoms with Gasteiger partial charge >= 0.3 is 0 Å². The lowest BCUT2D eigenvalue weighted by atomic mass is 10.2. The fourth-order valence-corrected chi connectivity index (χ4v) is 3.24. The molecule has 1 aliphatic rings. The van der Waals surface area contributed by atoms with E-state index in [9.17, 15) is 5.11 Å². The first kappa shape index (κ1) is 10.1. The molecule has 1 aliphatic heterocycles. The van der Waals surface area contributed by atoms with Gasteiger partial charge in [-0.2, -0.15) is 0 Å². The number of anilines is 1. The summed E-state index contributed by atoms with van der Waals surface area (Å²) in [5.74, 6) is 0.917. The van der Waals surface area contributed by atoms with Crippen molar-refractivity contribution >= 4 is 29.1 Å². The van der Waals surface area contributed by atoms with Crippen LogP contribution in [0, 0.1) is 0 Å². The summed E-state index contributed by atoms with van der Waals surface area (Å²) in [4.78, 5) is 3.26. The predicted octanol–water partition coefficient (Wildman–Crippen LogP) is 2.24. The molecule has 0 saturated heterocycles. The topological polar surface area (TPSA) is 23.5 Å². The number of para-hydroxylation sites is 1. The van der Waals surface area contributed by atoms with Gasteiger partial charge in [-0.25, -0.2) is 0 Å². The van der Waals surface area contributed by atoms with Crippen LogP contribution >= 0.6 is 23.4 Å². The third kappa shape index (κ3) is 1.60. The number of halogens is 1. The lowest BCUT2D eigenvalue weighted by molar-refractivity contribution is 0.271. The first-order valence-corrected chi connectivity index (χ1v) is 5.85. The van der Waals surface area contributed by atoms with Gasteiger partial charge in [-0.15, -0.1) is 11.8 Å². The number of thioether (sulfide) groups is 1. The summed E-state index contributed by atoms with van der Waals surface area (Å²) in [6.07, 6.45) is 0. The molecule has 0 spiro atoms. The van der Waals surface area contributed by atoms with Crippen LogP contribution in [0.25, 0.3) is 0 Å². The second kappa shape index (κ2) is 4.01. The number of hydrogen-bond acceptors (Lipinski definition) is 3. The summed E-state index contributed by atoms with van der Waals surface area (Å²) >= 11 is 7.88. The van der Waals surface area contributed by atoms with E-state index in [-0.39, 0.29) is 12.6 Å². The van der Waals surface area contributed by atoms with Crippen LogP contribution in [0.1, 0.15) is 0 Å². The van der Waals surface area contributed by atoms with E-state index in [1.165, 1.54) is 4.90 Å². The summed E-state index contributed by atoms with van der Waals surface area (Å²) in [7, 11) is 1.98. The van der Waals surface area contributed by atoms with Gasteiger partial charge in [0.15, 0.2) is 0 Å². The molecule has 1 atom stereocenters. The second-order valence-corrected chi connectivity index (χ2v) is 4.81. The van der Waals surface area contributed by atoms with Crippen molar-refractivity contribution in [2.24, 2.45) is 0 Å². The van der Waals surface area contributed by atoms with Crippen LogP contribution in [0.4, 0.5) is 5.69 Å². The van der Waals surface area contributed by atoms with Crippen LogP contribution in [0.3, 0.4) is 0 Å². The summed E-state index contributed by atoms with van der Waals surface area (Å²) in [5.41, 5.74) is 1.05. The minimum atomic E-state index is 0.174. The molecule has 0 saturated carbocycles. The van der Waals surface area contributed by atoms with Gasteiger partial charge in [0.25, 0.3) is 0 Å². The van der Waals surface area contributed by atoms with Crippen molar-refractivity contribution in [1.29, 1.82) is 0 Å². The van der Waals surface area contributed by atoms with Crippen LogP contribution in [0.5, 0.6) is 0 Å². The van der Waals surface area contributed by atoms with E-state index < -0.39 is 0 Å². The van der Waals surface area contributed by atoms with Gasteiger partial charge in [0.05, 0.1) is 23.4 Å². The average molecular weight is 230 g/mol. The van der Waals surface area contributed by atoms with Crippen molar-refractivity contribution in [3.63, 3.8) is 0 Å². The van der Waals surface area contributed by atoms with Gasteiger partial charge in [0, 0.05) is 17.7 Å². The highest BCUT2D eigenvalue weighted by Crippen LogP contribution is 2.40. The number of benzene rings is 1. The summed E-state index contributed by atoms with van der Waals surface area (Å²) < 4.78 is 0. The average Bonchev–Trinajstić information content (AvgIpc) is 2.18. The van der Waals surface area contributed by atoms with Crippen LogP contribution < -0.4 is 4.90 Å². The van der Waals surface area contributed by atoms with Gasteiger partial charge in [-0.1, -0.05) is 17.7 Å². The summed E-state index contributed by atoms with van der Waals surface area (Å²) in [6, 6.07) is 6.08. The number of aliphatic hydroxyl groups is 1. The number of fused-ring (bicyclic) bond motifs is 1. The Morgan fingerprint density at radius 2 is 2.43 bits per heavy atom. The Bertz CT molecular complexity index is 345. The minimum absolute atomic E-state index is 0.174. The first-order chi connectivity index (χ1) is 6.74. The fourth-order valence-electron chi connectivity index (χ4n) is 1.61. The fraction of sp³-hybridized carbons (Fsp3) is 0.400. The minimum Gasteiger partial charge on any atom is -0.394 e. The first-order valence-electron chi connectivity index (χ1n) is 4.49. The van der Waals surface area contributed by atoms with Gasteiger partial charge < -0.3 is 10.0 Å². The summed E-state index contributed by atoms with van der Waals surface area (Å²) in [5, 5.41) is 9.94. The molecular weight excluding hydrogens is 218 g/mol. The lowest BCUT2D eigenvalue weighted by Gasteiger charge is -2.34. The van der Waals surface area contributed by atoms with E-state index in [1.807, 2.05) is 19.2 Å². The van der Waals surface area contributed by atoms with Crippen LogP contribution in [-0.4, -0.2) is 30.6 Å². The van der Waals surface area contributed by atoms with Crippen molar-refractivity contribution in [3.8, 4) is 0 Å². The third-order valence-electron chi connectivity index (χ3n) is 2.49. The highest BCUT2D eigenvalue weighted by molar-refractivity contribution is 7.99. The smallest absolute Gasteiger partial charge is 0.0694 e. The molecule has 1 heterocycles. The number of aliphatic hydroxyl groups excluding tert-OH is 1. The molecule has 14 heavy (non-hydrogen) atoms. The quantitative estimate of drug-likeness (QED) is 0.799.